The number of hydrogen-bond donors (Lipinski definition) is 2. The molecular weight excluding hydrogens is 332 g/mol. The van der Waals surface area contributed by atoms with Crippen molar-refractivity contribution < 1.29 is 19.4 Å². The first-order valence-corrected chi connectivity index (χ1v) is 9.68. The van der Waals surface area contributed by atoms with Crippen LogP contribution in [0.25, 0.3) is 0 Å². The Bertz CT molecular complexity index is 579. The van der Waals surface area contributed by atoms with Crippen LogP contribution in [0.2, 0.25) is 0 Å². The van der Waals surface area contributed by atoms with Gasteiger partial charge in [0.1, 0.15) is 0 Å². The van der Waals surface area contributed by atoms with Gasteiger partial charge in [-0.15, -0.1) is 0 Å². The molecule has 2 N–H and O–H groups in total. The van der Waals surface area contributed by atoms with Crippen molar-refractivity contribution in [2.45, 2.75) is 58.6 Å². The zero-order valence-electron chi connectivity index (χ0n) is 16.2. The zero-order chi connectivity index (χ0) is 18.9. The number of likely N-dealkylation sites (tertiary alicyclic amines) is 1. The topological polar surface area (TPSA) is 71.0 Å². The molecule has 146 valence electrons. The average Bonchev–Trinajstić information content (AvgIpc) is 2.64. The van der Waals surface area contributed by atoms with E-state index in [2.05, 4.69) is 19.2 Å². The molecule has 2 atom stereocenters. The number of aliphatic hydroxyl groups is 1. The number of piperidine rings is 1. The van der Waals surface area contributed by atoms with Crippen LogP contribution in [0.4, 0.5) is 4.79 Å². The molecule has 2 rings (SSSR count). The molecule has 1 aromatic carbocycles. The lowest BCUT2D eigenvalue weighted by molar-refractivity contribution is 0.0835. The molecule has 0 saturated carbocycles. The number of ether oxygens (including phenoxy) is 2. The minimum Gasteiger partial charge on any atom is -0.490 e. The van der Waals surface area contributed by atoms with Crippen LogP contribution in [-0.4, -0.2) is 48.4 Å². The Kier molecular flexibility index (Phi) is 8.04. The summed E-state index contributed by atoms with van der Waals surface area (Å²) in [6, 6.07) is 5.50. The van der Waals surface area contributed by atoms with E-state index in [1.54, 1.807) is 4.90 Å². The Hall–Kier alpha value is -1.95. The van der Waals surface area contributed by atoms with E-state index in [1.807, 2.05) is 25.1 Å². The van der Waals surface area contributed by atoms with Crippen molar-refractivity contribution in [1.29, 1.82) is 0 Å². The van der Waals surface area contributed by atoms with Gasteiger partial charge in [0.15, 0.2) is 11.5 Å². The van der Waals surface area contributed by atoms with Crippen LogP contribution in [0.5, 0.6) is 11.5 Å². The standard InChI is InChI=1S/C20H32N2O4/c1-4-11-25-18-9-8-16(13-19(18)26-12-5-2)15(3)21-20(24)22-10-6-7-17(23)14-22/h8-9,13,15,17,23H,4-7,10-12,14H2,1-3H3,(H,21,24). The summed E-state index contributed by atoms with van der Waals surface area (Å²) in [5.41, 5.74) is 0.964. The number of nitrogens with zero attached hydrogens (tertiary/aromatic N) is 1. The first-order valence-electron chi connectivity index (χ1n) is 9.68. The summed E-state index contributed by atoms with van der Waals surface area (Å²) in [4.78, 5) is 14.1. The van der Waals surface area contributed by atoms with Gasteiger partial charge in [-0.3, -0.25) is 0 Å². The van der Waals surface area contributed by atoms with E-state index in [0.29, 0.717) is 32.1 Å². The molecule has 0 aliphatic carbocycles. The summed E-state index contributed by atoms with van der Waals surface area (Å²) in [5, 5.41) is 12.8. The van der Waals surface area contributed by atoms with Gasteiger partial charge in [-0.2, -0.15) is 0 Å². The van der Waals surface area contributed by atoms with Crippen molar-refractivity contribution in [3.05, 3.63) is 23.8 Å². The SMILES string of the molecule is CCCOc1ccc(C(C)NC(=O)N2CCCC(O)C2)cc1OCCC. The molecule has 0 radical (unpaired) electrons. The van der Waals surface area contributed by atoms with Crippen LogP contribution >= 0.6 is 0 Å². The van der Waals surface area contributed by atoms with Gasteiger partial charge >= 0.3 is 6.03 Å². The van der Waals surface area contributed by atoms with Gasteiger partial charge in [-0.1, -0.05) is 19.9 Å². The summed E-state index contributed by atoms with van der Waals surface area (Å²) in [6.45, 7) is 8.42. The highest BCUT2D eigenvalue weighted by Gasteiger charge is 2.23. The second-order valence-electron chi connectivity index (χ2n) is 6.82. The van der Waals surface area contributed by atoms with Gasteiger partial charge < -0.3 is 24.8 Å². The summed E-state index contributed by atoms with van der Waals surface area (Å²) in [7, 11) is 0. The molecule has 6 nitrogen and oxygen atoms in total. The van der Waals surface area contributed by atoms with Crippen molar-refractivity contribution >= 4 is 6.03 Å². The molecule has 1 aliphatic rings. The van der Waals surface area contributed by atoms with E-state index in [4.69, 9.17) is 9.47 Å². The Morgan fingerprint density at radius 1 is 1.27 bits per heavy atom. The predicted octanol–water partition coefficient (Wildman–Crippen LogP) is 3.49. The number of urea groups is 1. The van der Waals surface area contributed by atoms with Gasteiger partial charge in [-0.05, 0) is 50.3 Å². The molecule has 26 heavy (non-hydrogen) atoms. The molecule has 1 aromatic rings. The highest BCUT2D eigenvalue weighted by molar-refractivity contribution is 5.75. The van der Waals surface area contributed by atoms with Crippen LogP contribution in [0.1, 0.15) is 58.1 Å². The second-order valence-corrected chi connectivity index (χ2v) is 6.82. The molecule has 2 amide bonds. The van der Waals surface area contributed by atoms with Crippen molar-refractivity contribution in [2.75, 3.05) is 26.3 Å². The van der Waals surface area contributed by atoms with Crippen LogP contribution in [0.3, 0.4) is 0 Å². The van der Waals surface area contributed by atoms with E-state index in [-0.39, 0.29) is 12.1 Å². The normalized spacial score (nSPS) is 18.3. The van der Waals surface area contributed by atoms with Crippen LogP contribution in [0.15, 0.2) is 18.2 Å². The number of amides is 2. The molecule has 1 aliphatic heterocycles. The molecule has 1 saturated heterocycles. The predicted molar refractivity (Wildman–Crippen MR) is 102 cm³/mol. The lowest BCUT2D eigenvalue weighted by Gasteiger charge is -2.31. The second kappa shape index (κ2) is 10.3. The van der Waals surface area contributed by atoms with Gasteiger partial charge in [0.25, 0.3) is 0 Å². The van der Waals surface area contributed by atoms with E-state index in [0.717, 1.165) is 37.0 Å². The maximum Gasteiger partial charge on any atom is 0.317 e. The number of carbonyl (C=O) groups excluding carboxylic acids is 1. The van der Waals surface area contributed by atoms with Crippen molar-refractivity contribution in [3.63, 3.8) is 0 Å². The largest absolute Gasteiger partial charge is 0.490 e. The lowest BCUT2D eigenvalue weighted by atomic mass is 10.1. The number of rotatable bonds is 8. The maximum atomic E-state index is 12.4. The summed E-state index contributed by atoms with van der Waals surface area (Å²) >= 11 is 0. The van der Waals surface area contributed by atoms with E-state index in [1.165, 1.54) is 0 Å². The number of benzene rings is 1. The minimum absolute atomic E-state index is 0.140. The summed E-state index contributed by atoms with van der Waals surface area (Å²) < 4.78 is 11.6. The maximum absolute atomic E-state index is 12.4. The fraction of sp³-hybridized carbons (Fsp3) is 0.650. The average molecular weight is 364 g/mol. The number of carbonyl (C=O) groups is 1. The molecule has 0 spiro atoms. The number of hydrogen-bond acceptors (Lipinski definition) is 4. The van der Waals surface area contributed by atoms with Crippen molar-refractivity contribution in [3.8, 4) is 11.5 Å². The first-order chi connectivity index (χ1) is 12.5. The highest BCUT2D eigenvalue weighted by Crippen LogP contribution is 2.31. The molecule has 2 unspecified atom stereocenters. The monoisotopic (exact) mass is 364 g/mol. The third-order valence-corrected chi connectivity index (χ3v) is 4.41. The van der Waals surface area contributed by atoms with Crippen LogP contribution in [0, 0.1) is 0 Å². The molecular formula is C20H32N2O4. The Morgan fingerprint density at radius 2 is 1.96 bits per heavy atom. The highest BCUT2D eigenvalue weighted by atomic mass is 16.5. The lowest BCUT2D eigenvalue weighted by Crippen LogP contribution is -2.47. The number of nitrogens with one attached hydrogen (secondary N) is 1. The minimum atomic E-state index is -0.422. The quantitative estimate of drug-likeness (QED) is 0.741. The van der Waals surface area contributed by atoms with Crippen molar-refractivity contribution in [1.82, 2.24) is 10.2 Å². The molecule has 1 heterocycles. The molecule has 0 bridgehead atoms. The smallest absolute Gasteiger partial charge is 0.317 e. The molecule has 0 aromatic heterocycles. The fourth-order valence-electron chi connectivity index (χ4n) is 2.95. The summed E-state index contributed by atoms with van der Waals surface area (Å²) in [6.07, 6.45) is 3.02. The third kappa shape index (κ3) is 5.80. The third-order valence-electron chi connectivity index (χ3n) is 4.41. The van der Waals surface area contributed by atoms with Crippen LogP contribution in [-0.2, 0) is 0 Å². The van der Waals surface area contributed by atoms with Gasteiger partial charge in [0, 0.05) is 13.1 Å². The summed E-state index contributed by atoms with van der Waals surface area (Å²) in [5.74, 6) is 1.45. The Balaban J connectivity index is 2.04. The zero-order valence-corrected chi connectivity index (χ0v) is 16.2. The van der Waals surface area contributed by atoms with Crippen LogP contribution < -0.4 is 14.8 Å². The number of β-amino-alcohol motifs (C(OH)–C–C–N with tert-alkyl or cyclic N) is 1. The van der Waals surface area contributed by atoms with Crippen molar-refractivity contribution in [2.24, 2.45) is 0 Å². The first kappa shape index (κ1) is 20.4. The van der Waals surface area contributed by atoms with Gasteiger partial charge in [0.05, 0.1) is 25.4 Å². The van der Waals surface area contributed by atoms with E-state index >= 15 is 0 Å². The number of aliphatic hydroxyl groups excluding tert-OH is 1. The van der Waals surface area contributed by atoms with Gasteiger partial charge in [0.2, 0.25) is 0 Å². The van der Waals surface area contributed by atoms with E-state index < -0.39 is 6.10 Å². The van der Waals surface area contributed by atoms with Gasteiger partial charge in [-0.25, -0.2) is 4.79 Å². The Morgan fingerprint density at radius 3 is 2.62 bits per heavy atom. The molecule has 6 heteroatoms. The Labute approximate surface area is 156 Å². The van der Waals surface area contributed by atoms with E-state index in [9.17, 15) is 9.90 Å². The fourth-order valence-corrected chi connectivity index (χ4v) is 2.95. The molecule has 1 fully saturated rings.